The van der Waals surface area contributed by atoms with Gasteiger partial charge in [0.1, 0.15) is 5.82 Å². The minimum atomic E-state index is -3.46. The maximum absolute atomic E-state index is 13.4. The van der Waals surface area contributed by atoms with Gasteiger partial charge in [-0.3, -0.25) is 4.79 Å². The number of aromatic nitrogens is 3. The smallest absolute Gasteiger partial charge is 0.252 e. The van der Waals surface area contributed by atoms with E-state index in [1.807, 2.05) is 6.07 Å². The van der Waals surface area contributed by atoms with Gasteiger partial charge in [0, 0.05) is 22.3 Å². The van der Waals surface area contributed by atoms with E-state index in [9.17, 15) is 17.6 Å². The molecule has 33 heavy (non-hydrogen) atoms. The Kier molecular flexibility index (Phi) is 5.09. The Morgan fingerprint density at radius 2 is 1.88 bits per heavy atom. The molecule has 1 fully saturated rings. The zero-order valence-electron chi connectivity index (χ0n) is 17.4. The number of fused-ring (bicyclic) bond motifs is 1. The van der Waals surface area contributed by atoms with Crippen molar-refractivity contribution in [3.63, 3.8) is 0 Å². The fraction of sp³-hybridized carbons (Fsp3) is 0.174. The predicted molar refractivity (Wildman–Crippen MR) is 124 cm³/mol. The van der Waals surface area contributed by atoms with Gasteiger partial charge in [-0.2, -0.15) is 5.10 Å². The molecule has 0 unspecified atom stereocenters. The minimum absolute atomic E-state index is 0.0223. The first-order valence-corrected chi connectivity index (χ1v) is 12.8. The first-order valence-electron chi connectivity index (χ1n) is 10.1. The molecule has 7 nitrogen and oxygen atoms in total. The molecule has 4 aromatic rings. The van der Waals surface area contributed by atoms with Gasteiger partial charge in [-0.25, -0.2) is 22.5 Å². The normalized spacial score (nSPS) is 14.9. The SMILES string of the molecule is CS(=O)(=O)c1cc(C2(NC(=O)c3cc(Br)cc4c3cnn4-c3ccc(F)cc3)CC2)ccn1. The lowest BCUT2D eigenvalue weighted by Gasteiger charge is -2.19. The van der Waals surface area contributed by atoms with Gasteiger partial charge >= 0.3 is 0 Å². The molecule has 0 saturated heterocycles. The second-order valence-corrected chi connectivity index (χ2v) is 11.0. The highest BCUT2D eigenvalue weighted by molar-refractivity contribution is 9.10. The Morgan fingerprint density at radius 3 is 2.55 bits per heavy atom. The third-order valence-electron chi connectivity index (χ3n) is 5.74. The Hall–Kier alpha value is -3.11. The lowest BCUT2D eigenvalue weighted by atomic mass is 10.0. The molecule has 0 atom stereocenters. The van der Waals surface area contributed by atoms with Crippen molar-refractivity contribution in [2.75, 3.05) is 6.26 Å². The molecule has 0 bridgehead atoms. The summed E-state index contributed by atoms with van der Waals surface area (Å²) in [6, 6.07) is 12.7. The van der Waals surface area contributed by atoms with Crippen molar-refractivity contribution in [2.24, 2.45) is 0 Å². The number of amides is 1. The molecule has 0 radical (unpaired) electrons. The summed E-state index contributed by atoms with van der Waals surface area (Å²) in [6.07, 6.45) is 5.54. The third-order valence-corrected chi connectivity index (χ3v) is 7.18. The molecular formula is C23H18BrFN4O3S. The maximum Gasteiger partial charge on any atom is 0.252 e. The van der Waals surface area contributed by atoms with Gasteiger partial charge < -0.3 is 5.32 Å². The summed E-state index contributed by atoms with van der Waals surface area (Å²) in [5.74, 6) is -0.642. The molecule has 2 aromatic heterocycles. The van der Waals surface area contributed by atoms with Crippen LogP contribution in [0, 0.1) is 5.82 Å². The van der Waals surface area contributed by atoms with Crippen LogP contribution in [0.4, 0.5) is 4.39 Å². The first kappa shape index (κ1) is 21.7. The highest BCUT2D eigenvalue weighted by atomic mass is 79.9. The standard InChI is InChI=1S/C23H18BrFN4O3S/c1-33(31,32)21-10-14(6-9-26-21)23(7-8-23)28-22(30)18-11-15(24)12-20-19(18)13-27-29(20)17-4-2-16(25)3-5-17/h2-6,9-13H,7-8H2,1H3,(H,28,30). The number of halogens is 2. The number of rotatable bonds is 5. The van der Waals surface area contributed by atoms with E-state index < -0.39 is 15.4 Å². The molecule has 1 amide bonds. The van der Waals surface area contributed by atoms with Crippen molar-refractivity contribution in [3.05, 3.63) is 82.3 Å². The monoisotopic (exact) mass is 528 g/mol. The highest BCUT2D eigenvalue weighted by Gasteiger charge is 2.46. The van der Waals surface area contributed by atoms with Crippen LogP contribution >= 0.6 is 15.9 Å². The average molecular weight is 529 g/mol. The summed E-state index contributed by atoms with van der Waals surface area (Å²) in [7, 11) is -3.46. The van der Waals surface area contributed by atoms with E-state index in [0.717, 1.165) is 6.26 Å². The topological polar surface area (TPSA) is 94.0 Å². The predicted octanol–water partition coefficient (Wildman–Crippen LogP) is 4.14. The minimum Gasteiger partial charge on any atom is -0.342 e. The molecule has 1 aliphatic carbocycles. The van der Waals surface area contributed by atoms with Crippen molar-refractivity contribution >= 4 is 42.6 Å². The quantitative estimate of drug-likeness (QED) is 0.420. The molecule has 10 heteroatoms. The Labute approximate surface area is 197 Å². The van der Waals surface area contributed by atoms with E-state index in [1.54, 1.807) is 35.1 Å². The van der Waals surface area contributed by atoms with Crippen molar-refractivity contribution in [1.29, 1.82) is 0 Å². The van der Waals surface area contributed by atoms with Gasteiger partial charge in [-0.05, 0) is 66.9 Å². The molecule has 0 aliphatic heterocycles. The van der Waals surface area contributed by atoms with Crippen LogP contribution in [0.5, 0.6) is 0 Å². The van der Waals surface area contributed by atoms with Gasteiger partial charge in [0.05, 0.1) is 28.5 Å². The number of nitrogens with one attached hydrogen (secondary N) is 1. The molecule has 168 valence electrons. The summed E-state index contributed by atoms with van der Waals surface area (Å²) < 4.78 is 39.5. The second-order valence-electron chi connectivity index (χ2n) is 8.11. The summed E-state index contributed by atoms with van der Waals surface area (Å²) in [4.78, 5) is 17.3. The number of benzene rings is 2. The van der Waals surface area contributed by atoms with E-state index in [-0.39, 0.29) is 16.8 Å². The molecular weight excluding hydrogens is 511 g/mol. The molecule has 2 heterocycles. The maximum atomic E-state index is 13.4. The first-order chi connectivity index (χ1) is 15.7. The number of carbonyl (C=O) groups excluding carboxylic acids is 1. The van der Waals surface area contributed by atoms with E-state index in [2.05, 4.69) is 31.3 Å². The van der Waals surface area contributed by atoms with Crippen molar-refractivity contribution in [3.8, 4) is 5.69 Å². The number of sulfone groups is 1. The second kappa shape index (κ2) is 7.74. The van der Waals surface area contributed by atoms with Crippen molar-refractivity contribution in [1.82, 2.24) is 20.1 Å². The lowest BCUT2D eigenvalue weighted by Crippen LogP contribution is -2.35. The van der Waals surface area contributed by atoms with Crippen LogP contribution in [0.1, 0.15) is 28.8 Å². The fourth-order valence-corrected chi connectivity index (χ4v) is 4.91. The fourth-order valence-electron chi connectivity index (χ4n) is 3.87. The van der Waals surface area contributed by atoms with Crippen LogP contribution in [0.2, 0.25) is 0 Å². The van der Waals surface area contributed by atoms with E-state index in [1.165, 1.54) is 24.4 Å². The number of nitrogens with zero attached hydrogens (tertiary/aromatic N) is 3. The summed E-state index contributed by atoms with van der Waals surface area (Å²) >= 11 is 3.47. The molecule has 0 spiro atoms. The van der Waals surface area contributed by atoms with Crippen LogP contribution in [0.25, 0.3) is 16.6 Å². The largest absolute Gasteiger partial charge is 0.342 e. The van der Waals surface area contributed by atoms with Gasteiger partial charge in [-0.1, -0.05) is 15.9 Å². The molecule has 5 rings (SSSR count). The van der Waals surface area contributed by atoms with Crippen LogP contribution < -0.4 is 5.32 Å². The van der Waals surface area contributed by atoms with E-state index in [0.29, 0.717) is 45.0 Å². The van der Waals surface area contributed by atoms with Gasteiger partial charge in [0.15, 0.2) is 14.9 Å². The number of pyridine rings is 1. The van der Waals surface area contributed by atoms with Gasteiger partial charge in [0.25, 0.3) is 5.91 Å². The Morgan fingerprint density at radius 1 is 1.15 bits per heavy atom. The van der Waals surface area contributed by atoms with Crippen LogP contribution in [-0.4, -0.2) is 35.3 Å². The molecule has 2 aromatic carbocycles. The Balaban J connectivity index is 1.51. The zero-order chi connectivity index (χ0) is 23.4. The summed E-state index contributed by atoms with van der Waals surface area (Å²) in [5.41, 5.74) is 1.85. The van der Waals surface area contributed by atoms with E-state index in [4.69, 9.17) is 0 Å². The van der Waals surface area contributed by atoms with E-state index >= 15 is 0 Å². The number of carbonyl (C=O) groups is 1. The zero-order valence-corrected chi connectivity index (χ0v) is 19.8. The van der Waals surface area contributed by atoms with Gasteiger partial charge in [-0.15, -0.1) is 0 Å². The average Bonchev–Trinajstić information content (AvgIpc) is 3.44. The molecule has 1 saturated carbocycles. The summed E-state index contributed by atoms with van der Waals surface area (Å²) in [5, 5.41) is 8.11. The summed E-state index contributed by atoms with van der Waals surface area (Å²) in [6.45, 7) is 0. The molecule has 1 aliphatic rings. The van der Waals surface area contributed by atoms with Crippen LogP contribution in [0.15, 0.2) is 70.4 Å². The van der Waals surface area contributed by atoms with Crippen LogP contribution in [-0.2, 0) is 15.4 Å². The Bertz CT molecular complexity index is 1510. The number of hydrogen-bond donors (Lipinski definition) is 1. The van der Waals surface area contributed by atoms with Crippen molar-refractivity contribution in [2.45, 2.75) is 23.4 Å². The third kappa shape index (κ3) is 4.04. The van der Waals surface area contributed by atoms with Gasteiger partial charge in [0.2, 0.25) is 0 Å². The molecule has 1 N–H and O–H groups in total. The van der Waals surface area contributed by atoms with Crippen LogP contribution in [0.3, 0.4) is 0 Å². The number of hydrogen-bond acceptors (Lipinski definition) is 5. The highest BCUT2D eigenvalue weighted by Crippen LogP contribution is 2.46. The lowest BCUT2D eigenvalue weighted by molar-refractivity contribution is 0.0932. The van der Waals surface area contributed by atoms with Crippen molar-refractivity contribution < 1.29 is 17.6 Å².